The number of nitriles is 1. The normalized spacial score (nSPS) is 11.2. The van der Waals surface area contributed by atoms with Gasteiger partial charge in [0.1, 0.15) is 6.07 Å². The summed E-state index contributed by atoms with van der Waals surface area (Å²) in [4.78, 5) is 2.27. The first-order chi connectivity index (χ1) is 19.1. The Morgan fingerprint density at radius 2 is 1.15 bits per heavy atom. The SMILES string of the molecule is Cc1ccc(N(c2ccccc2)c2ccc(/C=C/c3ccc4c(C#N)c5cc(C)ccc5cc4c3)cc2)cc1. The molecule has 186 valence electrons. The summed E-state index contributed by atoms with van der Waals surface area (Å²) in [5.74, 6) is 0. The largest absolute Gasteiger partial charge is 0.311 e. The van der Waals surface area contributed by atoms with E-state index in [0.29, 0.717) is 0 Å². The van der Waals surface area contributed by atoms with Gasteiger partial charge in [0.15, 0.2) is 0 Å². The second-order valence-corrected chi connectivity index (χ2v) is 10.00. The van der Waals surface area contributed by atoms with Crippen LogP contribution in [0.25, 0.3) is 33.7 Å². The highest BCUT2D eigenvalue weighted by atomic mass is 15.1. The summed E-state index contributed by atoms with van der Waals surface area (Å²) in [6, 6.07) is 45.0. The van der Waals surface area contributed by atoms with E-state index >= 15 is 0 Å². The lowest BCUT2D eigenvalue weighted by Crippen LogP contribution is -2.09. The average molecular weight is 501 g/mol. The number of rotatable bonds is 5. The maximum atomic E-state index is 9.90. The van der Waals surface area contributed by atoms with Crippen LogP contribution in [0.4, 0.5) is 17.1 Å². The van der Waals surface area contributed by atoms with Crippen molar-refractivity contribution in [3.05, 3.63) is 149 Å². The van der Waals surface area contributed by atoms with Crippen molar-refractivity contribution in [3.8, 4) is 6.07 Å². The molecule has 2 heteroatoms. The van der Waals surface area contributed by atoms with Crippen LogP contribution in [-0.4, -0.2) is 0 Å². The molecular formula is C37H28N2. The van der Waals surface area contributed by atoms with E-state index in [2.05, 4.69) is 152 Å². The van der Waals surface area contributed by atoms with E-state index in [1.54, 1.807) is 0 Å². The predicted octanol–water partition coefficient (Wildman–Crippen LogP) is 10.1. The van der Waals surface area contributed by atoms with Crippen molar-refractivity contribution in [3.63, 3.8) is 0 Å². The fraction of sp³-hybridized carbons (Fsp3) is 0.0541. The van der Waals surface area contributed by atoms with Crippen molar-refractivity contribution in [1.82, 2.24) is 0 Å². The predicted molar refractivity (Wildman–Crippen MR) is 166 cm³/mol. The molecule has 6 aromatic rings. The minimum Gasteiger partial charge on any atom is -0.311 e. The molecule has 0 N–H and O–H groups in total. The van der Waals surface area contributed by atoms with Gasteiger partial charge in [-0.2, -0.15) is 5.26 Å². The van der Waals surface area contributed by atoms with Gasteiger partial charge in [0.25, 0.3) is 0 Å². The van der Waals surface area contributed by atoms with Crippen LogP contribution < -0.4 is 4.90 Å². The molecule has 0 aliphatic carbocycles. The van der Waals surface area contributed by atoms with Gasteiger partial charge < -0.3 is 4.90 Å². The quantitative estimate of drug-likeness (QED) is 0.174. The number of aryl methyl sites for hydroxylation is 2. The first-order valence-electron chi connectivity index (χ1n) is 13.2. The number of anilines is 3. The summed E-state index contributed by atoms with van der Waals surface area (Å²) in [5, 5.41) is 14.1. The maximum Gasteiger partial charge on any atom is 0.100 e. The van der Waals surface area contributed by atoms with E-state index in [1.165, 1.54) is 5.56 Å². The van der Waals surface area contributed by atoms with Gasteiger partial charge in [-0.3, -0.25) is 0 Å². The molecule has 2 nitrogen and oxygen atoms in total. The Morgan fingerprint density at radius 1 is 0.538 bits per heavy atom. The molecule has 0 unspecified atom stereocenters. The Bertz CT molecular complexity index is 1860. The Labute approximate surface area is 229 Å². The van der Waals surface area contributed by atoms with E-state index in [1.807, 2.05) is 6.07 Å². The molecule has 6 aromatic carbocycles. The fourth-order valence-electron chi connectivity index (χ4n) is 5.12. The molecule has 0 amide bonds. The summed E-state index contributed by atoms with van der Waals surface area (Å²) >= 11 is 0. The average Bonchev–Trinajstić information content (AvgIpc) is 2.97. The van der Waals surface area contributed by atoms with Crippen molar-refractivity contribution in [1.29, 1.82) is 5.26 Å². The summed E-state index contributed by atoms with van der Waals surface area (Å²) in [5.41, 5.74) is 8.75. The zero-order valence-electron chi connectivity index (χ0n) is 22.1. The highest BCUT2D eigenvalue weighted by Gasteiger charge is 2.12. The second kappa shape index (κ2) is 10.3. The fourth-order valence-corrected chi connectivity index (χ4v) is 5.12. The summed E-state index contributed by atoms with van der Waals surface area (Å²) in [7, 11) is 0. The van der Waals surface area contributed by atoms with Crippen molar-refractivity contribution >= 4 is 50.8 Å². The highest BCUT2D eigenvalue weighted by molar-refractivity contribution is 6.05. The summed E-state index contributed by atoms with van der Waals surface area (Å²) in [6.45, 7) is 4.17. The van der Waals surface area contributed by atoms with Gasteiger partial charge >= 0.3 is 0 Å². The van der Waals surface area contributed by atoms with Crippen LogP contribution in [0.1, 0.15) is 27.8 Å². The first-order valence-corrected chi connectivity index (χ1v) is 13.2. The molecule has 39 heavy (non-hydrogen) atoms. The number of hydrogen-bond donors (Lipinski definition) is 0. The molecule has 0 aliphatic rings. The standard InChI is InChI=1S/C37H28N2/c1-26-9-17-33(18-10-26)39(32-6-4-3-5-7-32)34-19-13-28(14-20-34)11-12-29-15-21-35-31(23-29)24-30-16-8-27(2)22-36(30)37(35)25-38/h3-24H,1-2H3/b12-11+. The Balaban J connectivity index is 1.31. The Morgan fingerprint density at radius 3 is 1.87 bits per heavy atom. The zero-order chi connectivity index (χ0) is 26.8. The Kier molecular flexibility index (Phi) is 6.41. The molecule has 6 rings (SSSR count). The van der Waals surface area contributed by atoms with Gasteiger partial charge in [-0.1, -0.05) is 96.1 Å². The number of fused-ring (bicyclic) bond motifs is 2. The zero-order valence-corrected chi connectivity index (χ0v) is 22.1. The molecule has 0 fully saturated rings. The van der Waals surface area contributed by atoms with Crippen LogP contribution in [0.2, 0.25) is 0 Å². The monoisotopic (exact) mass is 500 g/mol. The van der Waals surface area contributed by atoms with Crippen molar-refractivity contribution in [2.24, 2.45) is 0 Å². The third-order valence-corrected chi connectivity index (χ3v) is 7.17. The molecule has 0 aliphatic heterocycles. The minimum atomic E-state index is 0.744. The van der Waals surface area contributed by atoms with Gasteiger partial charge in [-0.25, -0.2) is 0 Å². The summed E-state index contributed by atoms with van der Waals surface area (Å²) in [6.07, 6.45) is 4.27. The van der Waals surface area contributed by atoms with E-state index in [4.69, 9.17) is 0 Å². The van der Waals surface area contributed by atoms with Crippen LogP contribution in [0.15, 0.2) is 121 Å². The van der Waals surface area contributed by atoms with E-state index in [9.17, 15) is 5.26 Å². The number of hydrogen-bond acceptors (Lipinski definition) is 2. The smallest absolute Gasteiger partial charge is 0.100 e. The lowest BCUT2D eigenvalue weighted by Gasteiger charge is -2.25. The highest BCUT2D eigenvalue weighted by Crippen LogP contribution is 2.35. The van der Waals surface area contributed by atoms with Crippen LogP contribution in [0.3, 0.4) is 0 Å². The summed E-state index contributed by atoms with van der Waals surface area (Å²) < 4.78 is 0. The molecule has 0 spiro atoms. The lowest BCUT2D eigenvalue weighted by atomic mass is 9.95. The van der Waals surface area contributed by atoms with E-state index in [0.717, 1.165) is 60.9 Å². The first kappa shape index (κ1) is 24.2. The third-order valence-electron chi connectivity index (χ3n) is 7.17. The Hall–Kier alpha value is -5.13. The van der Waals surface area contributed by atoms with Crippen molar-refractivity contribution in [2.45, 2.75) is 13.8 Å². The second-order valence-electron chi connectivity index (χ2n) is 10.00. The lowest BCUT2D eigenvalue weighted by molar-refractivity contribution is 1.27. The molecule has 0 saturated heterocycles. The van der Waals surface area contributed by atoms with E-state index < -0.39 is 0 Å². The van der Waals surface area contributed by atoms with Gasteiger partial charge in [0.05, 0.1) is 5.56 Å². The van der Waals surface area contributed by atoms with Gasteiger partial charge in [0.2, 0.25) is 0 Å². The molecule has 0 saturated carbocycles. The number of para-hydroxylation sites is 1. The molecule has 0 aromatic heterocycles. The third kappa shape index (κ3) is 4.91. The minimum absolute atomic E-state index is 0.744. The molecule has 0 radical (unpaired) electrons. The number of nitrogens with zero attached hydrogens (tertiary/aromatic N) is 2. The van der Waals surface area contributed by atoms with Gasteiger partial charge in [0, 0.05) is 27.8 Å². The van der Waals surface area contributed by atoms with Gasteiger partial charge in [-0.05, 0) is 84.3 Å². The molecule has 0 atom stereocenters. The van der Waals surface area contributed by atoms with Crippen molar-refractivity contribution in [2.75, 3.05) is 4.90 Å². The van der Waals surface area contributed by atoms with Crippen LogP contribution in [-0.2, 0) is 0 Å². The van der Waals surface area contributed by atoms with E-state index in [-0.39, 0.29) is 0 Å². The molecular weight excluding hydrogens is 472 g/mol. The van der Waals surface area contributed by atoms with Crippen molar-refractivity contribution < 1.29 is 0 Å². The van der Waals surface area contributed by atoms with Crippen LogP contribution in [0, 0.1) is 25.2 Å². The maximum absolute atomic E-state index is 9.90. The van der Waals surface area contributed by atoms with Gasteiger partial charge in [-0.15, -0.1) is 0 Å². The topological polar surface area (TPSA) is 27.0 Å². The van der Waals surface area contributed by atoms with Crippen LogP contribution >= 0.6 is 0 Å². The van der Waals surface area contributed by atoms with Crippen LogP contribution in [0.5, 0.6) is 0 Å². The molecule has 0 heterocycles. The number of benzene rings is 6. The molecule has 0 bridgehead atoms.